The van der Waals surface area contributed by atoms with Gasteiger partial charge in [-0.05, 0) is 55.9 Å². The molecule has 1 saturated carbocycles. The van der Waals surface area contributed by atoms with E-state index in [1.807, 2.05) is 0 Å². The fourth-order valence-electron chi connectivity index (χ4n) is 3.54. The molecule has 1 amide bonds. The third-order valence-electron chi connectivity index (χ3n) is 4.16. The van der Waals surface area contributed by atoms with Gasteiger partial charge in [0, 0.05) is 12.5 Å². The number of amides is 1. The van der Waals surface area contributed by atoms with Crippen LogP contribution in [0.2, 0.25) is 0 Å². The highest BCUT2D eigenvalue weighted by Gasteiger charge is 2.25. The van der Waals surface area contributed by atoms with Crippen LogP contribution in [0.25, 0.3) is 0 Å². The molecular weight excluding hydrogens is 236 g/mol. The Balaban J connectivity index is 2.37. The SMILES string of the molecule is CC(C)CC(CN)CC(=O)NC1CC(C)CC(C)C1. The van der Waals surface area contributed by atoms with E-state index in [0.29, 0.717) is 30.8 Å². The van der Waals surface area contributed by atoms with Crippen molar-refractivity contribution < 1.29 is 4.79 Å². The molecule has 19 heavy (non-hydrogen) atoms. The smallest absolute Gasteiger partial charge is 0.220 e. The molecule has 1 aliphatic carbocycles. The van der Waals surface area contributed by atoms with Gasteiger partial charge >= 0.3 is 0 Å². The van der Waals surface area contributed by atoms with E-state index in [1.165, 1.54) is 6.42 Å². The molecular formula is C16H32N2O. The van der Waals surface area contributed by atoms with E-state index < -0.39 is 0 Å². The third kappa shape index (κ3) is 6.42. The van der Waals surface area contributed by atoms with Crippen LogP contribution in [0.4, 0.5) is 0 Å². The number of nitrogens with two attached hydrogens (primary N) is 1. The molecule has 1 aliphatic rings. The van der Waals surface area contributed by atoms with Crippen molar-refractivity contribution in [1.29, 1.82) is 0 Å². The van der Waals surface area contributed by atoms with Crippen LogP contribution >= 0.6 is 0 Å². The summed E-state index contributed by atoms with van der Waals surface area (Å²) in [6, 6.07) is 0.378. The second-order valence-electron chi connectivity index (χ2n) is 7.12. The summed E-state index contributed by atoms with van der Waals surface area (Å²) < 4.78 is 0. The second kappa shape index (κ2) is 7.88. The predicted octanol–water partition coefficient (Wildman–Crippen LogP) is 2.94. The molecule has 3 atom stereocenters. The van der Waals surface area contributed by atoms with Crippen LogP contribution in [-0.4, -0.2) is 18.5 Å². The Morgan fingerprint density at radius 2 is 1.79 bits per heavy atom. The minimum atomic E-state index is 0.197. The maximum Gasteiger partial charge on any atom is 0.220 e. The number of carbonyl (C=O) groups is 1. The molecule has 112 valence electrons. The van der Waals surface area contributed by atoms with E-state index in [1.54, 1.807) is 0 Å². The average Bonchev–Trinajstić information content (AvgIpc) is 2.25. The van der Waals surface area contributed by atoms with Gasteiger partial charge in [0.2, 0.25) is 5.91 Å². The van der Waals surface area contributed by atoms with Crippen molar-refractivity contribution in [2.24, 2.45) is 29.4 Å². The quantitative estimate of drug-likeness (QED) is 0.778. The first kappa shape index (κ1) is 16.5. The van der Waals surface area contributed by atoms with Gasteiger partial charge in [-0.1, -0.05) is 27.7 Å². The van der Waals surface area contributed by atoms with Crippen molar-refractivity contribution in [3.8, 4) is 0 Å². The molecule has 0 aromatic heterocycles. The lowest BCUT2D eigenvalue weighted by molar-refractivity contribution is -0.123. The second-order valence-corrected chi connectivity index (χ2v) is 7.12. The van der Waals surface area contributed by atoms with Gasteiger partial charge in [0.05, 0.1) is 0 Å². The van der Waals surface area contributed by atoms with Crippen LogP contribution in [0.1, 0.15) is 59.8 Å². The largest absolute Gasteiger partial charge is 0.353 e. The van der Waals surface area contributed by atoms with Gasteiger partial charge in [-0.15, -0.1) is 0 Å². The summed E-state index contributed by atoms with van der Waals surface area (Å²) in [4.78, 5) is 12.1. The lowest BCUT2D eigenvalue weighted by Gasteiger charge is -2.32. The molecule has 0 radical (unpaired) electrons. The fourth-order valence-corrected chi connectivity index (χ4v) is 3.54. The summed E-state index contributed by atoms with van der Waals surface area (Å²) in [5, 5.41) is 3.22. The van der Waals surface area contributed by atoms with Crippen molar-refractivity contribution in [3.05, 3.63) is 0 Å². The Morgan fingerprint density at radius 3 is 2.26 bits per heavy atom. The first-order valence-electron chi connectivity index (χ1n) is 7.90. The molecule has 3 heteroatoms. The minimum absolute atomic E-state index is 0.197. The van der Waals surface area contributed by atoms with Gasteiger partial charge in [-0.25, -0.2) is 0 Å². The van der Waals surface area contributed by atoms with Crippen molar-refractivity contribution in [3.63, 3.8) is 0 Å². The number of rotatable bonds is 6. The van der Waals surface area contributed by atoms with Gasteiger partial charge in [0.1, 0.15) is 0 Å². The Bertz CT molecular complexity index is 268. The van der Waals surface area contributed by atoms with Gasteiger partial charge in [0.15, 0.2) is 0 Å². The summed E-state index contributed by atoms with van der Waals surface area (Å²) in [5.74, 6) is 2.60. The Kier molecular flexibility index (Phi) is 6.84. The van der Waals surface area contributed by atoms with Gasteiger partial charge in [-0.2, -0.15) is 0 Å². The van der Waals surface area contributed by atoms with E-state index in [0.717, 1.165) is 31.1 Å². The van der Waals surface area contributed by atoms with Crippen LogP contribution in [0.3, 0.4) is 0 Å². The molecule has 0 heterocycles. The predicted molar refractivity (Wildman–Crippen MR) is 80.7 cm³/mol. The lowest BCUT2D eigenvalue weighted by Crippen LogP contribution is -2.41. The Morgan fingerprint density at radius 1 is 1.21 bits per heavy atom. The third-order valence-corrected chi connectivity index (χ3v) is 4.16. The molecule has 3 unspecified atom stereocenters. The highest BCUT2D eigenvalue weighted by molar-refractivity contribution is 5.76. The summed E-state index contributed by atoms with van der Waals surface area (Å²) >= 11 is 0. The maximum absolute atomic E-state index is 12.1. The fraction of sp³-hybridized carbons (Fsp3) is 0.938. The summed E-state index contributed by atoms with van der Waals surface area (Å²) in [6.07, 6.45) is 5.20. The zero-order valence-corrected chi connectivity index (χ0v) is 13.1. The number of hydrogen-bond acceptors (Lipinski definition) is 2. The molecule has 3 N–H and O–H groups in total. The molecule has 3 nitrogen and oxygen atoms in total. The molecule has 0 aromatic carbocycles. The molecule has 1 fully saturated rings. The van der Waals surface area contributed by atoms with Crippen LogP contribution < -0.4 is 11.1 Å². The maximum atomic E-state index is 12.1. The van der Waals surface area contributed by atoms with Crippen LogP contribution in [-0.2, 0) is 4.79 Å². The number of hydrogen-bond donors (Lipinski definition) is 2. The summed E-state index contributed by atoms with van der Waals surface area (Å²) in [6.45, 7) is 9.56. The van der Waals surface area contributed by atoms with E-state index in [2.05, 4.69) is 33.0 Å². The van der Waals surface area contributed by atoms with E-state index in [9.17, 15) is 4.79 Å². The first-order valence-corrected chi connectivity index (χ1v) is 7.90. The Labute approximate surface area is 118 Å². The first-order chi connectivity index (χ1) is 8.90. The van der Waals surface area contributed by atoms with E-state index >= 15 is 0 Å². The van der Waals surface area contributed by atoms with Crippen molar-refractivity contribution >= 4 is 5.91 Å². The molecule has 0 spiro atoms. The Hall–Kier alpha value is -0.570. The van der Waals surface area contributed by atoms with Crippen molar-refractivity contribution in [1.82, 2.24) is 5.32 Å². The van der Waals surface area contributed by atoms with E-state index in [4.69, 9.17) is 5.73 Å². The van der Waals surface area contributed by atoms with Crippen LogP contribution in [0.5, 0.6) is 0 Å². The standard InChI is InChI=1S/C16H32N2O/c1-11(2)5-14(10-17)9-16(19)18-15-7-12(3)6-13(4)8-15/h11-15H,5-10,17H2,1-4H3,(H,18,19). The zero-order valence-electron chi connectivity index (χ0n) is 13.1. The molecule has 0 saturated heterocycles. The van der Waals surface area contributed by atoms with Gasteiger partial charge < -0.3 is 11.1 Å². The lowest BCUT2D eigenvalue weighted by atomic mass is 9.80. The number of carbonyl (C=O) groups excluding carboxylic acids is 1. The summed E-state index contributed by atoms with van der Waals surface area (Å²) in [5.41, 5.74) is 5.77. The zero-order chi connectivity index (χ0) is 14.4. The molecule has 0 aromatic rings. The number of nitrogens with one attached hydrogen (secondary N) is 1. The molecule has 1 rings (SSSR count). The van der Waals surface area contributed by atoms with Crippen LogP contribution in [0.15, 0.2) is 0 Å². The van der Waals surface area contributed by atoms with Gasteiger partial charge in [0.25, 0.3) is 0 Å². The summed E-state index contributed by atoms with van der Waals surface area (Å²) in [7, 11) is 0. The molecule has 0 aliphatic heterocycles. The highest BCUT2D eigenvalue weighted by atomic mass is 16.1. The normalized spacial score (nSPS) is 29.3. The topological polar surface area (TPSA) is 55.1 Å². The molecule has 0 bridgehead atoms. The minimum Gasteiger partial charge on any atom is -0.353 e. The van der Waals surface area contributed by atoms with Crippen molar-refractivity contribution in [2.45, 2.75) is 65.8 Å². The highest BCUT2D eigenvalue weighted by Crippen LogP contribution is 2.28. The van der Waals surface area contributed by atoms with Crippen LogP contribution in [0, 0.1) is 23.7 Å². The van der Waals surface area contributed by atoms with Gasteiger partial charge in [-0.3, -0.25) is 4.79 Å². The van der Waals surface area contributed by atoms with Crippen molar-refractivity contribution in [2.75, 3.05) is 6.54 Å². The van der Waals surface area contributed by atoms with E-state index in [-0.39, 0.29) is 5.91 Å². The average molecular weight is 268 g/mol. The monoisotopic (exact) mass is 268 g/mol.